The number of halogens is 1. The van der Waals surface area contributed by atoms with Gasteiger partial charge in [-0.3, -0.25) is 4.79 Å². The maximum absolute atomic E-state index is 13.0. The molecule has 5 heteroatoms. The van der Waals surface area contributed by atoms with Gasteiger partial charge < -0.3 is 14.8 Å². The number of rotatable bonds is 4. The highest BCUT2D eigenvalue weighted by Crippen LogP contribution is 2.32. The lowest BCUT2D eigenvalue weighted by Crippen LogP contribution is -2.20. The molecule has 0 aromatic heterocycles. The van der Waals surface area contributed by atoms with Crippen molar-refractivity contribution in [1.29, 1.82) is 0 Å². The number of nitrogens with one attached hydrogen (secondary N) is 1. The molecule has 0 fully saturated rings. The second kappa shape index (κ2) is 6.30. The minimum atomic E-state index is -0.317. The van der Waals surface area contributed by atoms with Crippen LogP contribution in [0.4, 0.5) is 4.39 Å². The number of hydrogen-bond donors (Lipinski definition) is 1. The summed E-state index contributed by atoms with van der Waals surface area (Å²) in [4.78, 5) is 11.8. The van der Waals surface area contributed by atoms with Crippen LogP contribution in [0, 0.1) is 5.82 Å². The summed E-state index contributed by atoms with van der Waals surface area (Å²) in [7, 11) is 0. The first-order valence-corrected chi connectivity index (χ1v) is 6.81. The molecule has 1 aliphatic rings. The van der Waals surface area contributed by atoms with Crippen molar-refractivity contribution >= 4 is 12.0 Å². The average Bonchev–Trinajstić information content (AvgIpc) is 2.98. The van der Waals surface area contributed by atoms with Crippen LogP contribution in [0.1, 0.15) is 11.1 Å². The molecule has 112 valence electrons. The van der Waals surface area contributed by atoms with E-state index in [0.29, 0.717) is 17.1 Å². The van der Waals surface area contributed by atoms with Gasteiger partial charge in [0.15, 0.2) is 11.5 Å². The van der Waals surface area contributed by atoms with Crippen LogP contribution in [0.3, 0.4) is 0 Å². The van der Waals surface area contributed by atoms with E-state index in [0.717, 1.165) is 5.56 Å². The van der Waals surface area contributed by atoms with Crippen LogP contribution < -0.4 is 14.8 Å². The first-order chi connectivity index (χ1) is 10.7. The van der Waals surface area contributed by atoms with Gasteiger partial charge in [0.05, 0.1) is 0 Å². The van der Waals surface area contributed by atoms with Gasteiger partial charge in [-0.1, -0.05) is 18.2 Å². The van der Waals surface area contributed by atoms with Crippen LogP contribution >= 0.6 is 0 Å². The van der Waals surface area contributed by atoms with Crippen molar-refractivity contribution in [1.82, 2.24) is 5.32 Å². The van der Waals surface area contributed by atoms with E-state index in [1.165, 1.54) is 18.2 Å². The molecule has 4 nitrogen and oxygen atoms in total. The summed E-state index contributed by atoms with van der Waals surface area (Å²) in [6.07, 6.45) is 3.11. The standard InChI is InChI=1S/C17H14FNO3/c18-14-3-1-2-13(8-14)10-19-17(20)7-5-12-4-6-15-16(9-12)22-11-21-15/h1-9H,10-11H2,(H,19,20)/b7-5+. The quantitative estimate of drug-likeness (QED) is 0.883. The molecule has 3 rings (SSSR count). The molecule has 22 heavy (non-hydrogen) atoms. The van der Waals surface area contributed by atoms with Gasteiger partial charge in [-0.2, -0.15) is 0 Å². The van der Waals surface area contributed by atoms with E-state index in [9.17, 15) is 9.18 Å². The summed E-state index contributed by atoms with van der Waals surface area (Å²) in [6.45, 7) is 0.499. The molecule has 0 saturated carbocycles. The SMILES string of the molecule is O=C(/C=C/c1ccc2c(c1)OCO2)NCc1cccc(F)c1. The molecule has 2 aromatic rings. The number of benzene rings is 2. The third-order valence-electron chi connectivity index (χ3n) is 3.18. The molecule has 0 aliphatic carbocycles. The van der Waals surface area contributed by atoms with Crippen LogP contribution in [0.15, 0.2) is 48.5 Å². The Kier molecular flexibility index (Phi) is 4.05. The second-order valence-corrected chi connectivity index (χ2v) is 4.79. The largest absolute Gasteiger partial charge is 0.454 e. The predicted molar refractivity (Wildman–Crippen MR) is 79.8 cm³/mol. The Morgan fingerprint density at radius 2 is 2.05 bits per heavy atom. The van der Waals surface area contributed by atoms with Crippen molar-refractivity contribution in [2.75, 3.05) is 6.79 Å². The van der Waals surface area contributed by atoms with Crippen LogP contribution in [0.5, 0.6) is 11.5 Å². The Labute approximate surface area is 127 Å². The van der Waals surface area contributed by atoms with Gasteiger partial charge in [-0.05, 0) is 41.5 Å². The van der Waals surface area contributed by atoms with E-state index in [4.69, 9.17) is 9.47 Å². The number of ether oxygens (including phenoxy) is 2. The Morgan fingerprint density at radius 3 is 2.91 bits per heavy atom. The molecule has 1 N–H and O–H groups in total. The maximum Gasteiger partial charge on any atom is 0.244 e. The number of carbonyl (C=O) groups is 1. The molecule has 1 aliphatic heterocycles. The molecule has 1 amide bonds. The van der Waals surface area contributed by atoms with Gasteiger partial charge in [0.2, 0.25) is 12.7 Å². The minimum Gasteiger partial charge on any atom is -0.454 e. The third kappa shape index (κ3) is 3.44. The first-order valence-electron chi connectivity index (χ1n) is 6.81. The monoisotopic (exact) mass is 299 g/mol. The van der Waals surface area contributed by atoms with Crippen molar-refractivity contribution in [3.63, 3.8) is 0 Å². The average molecular weight is 299 g/mol. The zero-order valence-corrected chi connectivity index (χ0v) is 11.7. The van der Waals surface area contributed by atoms with Crippen molar-refractivity contribution < 1.29 is 18.7 Å². The van der Waals surface area contributed by atoms with Gasteiger partial charge in [-0.25, -0.2) is 4.39 Å². The Morgan fingerprint density at radius 1 is 1.18 bits per heavy atom. The van der Waals surface area contributed by atoms with Gasteiger partial charge in [0, 0.05) is 12.6 Å². The lowest BCUT2D eigenvalue weighted by molar-refractivity contribution is -0.116. The van der Waals surface area contributed by atoms with E-state index < -0.39 is 0 Å². The first kappa shape index (κ1) is 14.1. The third-order valence-corrected chi connectivity index (χ3v) is 3.18. The second-order valence-electron chi connectivity index (χ2n) is 4.79. The van der Waals surface area contributed by atoms with Crippen LogP contribution in [0.25, 0.3) is 6.08 Å². The van der Waals surface area contributed by atoms with Crippen LogP contribution in [0.2, 0.25) is 0 Å². The Balaban J connectivity index is 1.57. The molecule has 0 atom stereocenters. The summed E-state index contributed by atoms with van der Waals surface area (Å²) in [5.74, 6) is 0.805. The van der Waals surface area contributed by atoms with Crippen LogP contribution in [-0.2, 0) is 11.3 Å². The molecular formula is C17H14FNO3. The van der Waals surface area contributed by atoms with E-state index in [-0.39, 0.29) is 25.1 Å². The number of hydrogen-bond acceptors (Lipinski definition) is 3. The molecule has 2 aromatic carbocycles. The van der Waals surface area contributed by atoms with Gasteiger partial charge in [-0.15, -0.1) is 0 Å². The maximum atomic E-state index is 13.0. The Bertz CT molecular complexity index is 728. The Hall–Kier alpha value is -2.82. The number of carbonyl (C=O) groups excluding carboxylic acids is 1. The molecule has 0 unspecified atom stereocenters. The highest BCUT2D eigenvalue weighted by atomic mass is 19.1. The van der Waals surface area contributed by atoms with Crippen molar-refractivity contribution in [2.45, 2.75) is 6.54 Å². The van der Waals surface area contributed by atoms with Crippen molar-refractivity contribution in [2.24, 2.45) is 0 Å². The number of amides is 1. The summed E-state index contributed by atoms with van der Waals surface area (Å²) >= 11 is 0. The smallest absolute Gasteiger partial charge is 0.244 e. The summed E-state index contributed by atoms with van der Waals surface area (Å²) < 4.78 is 23.5. The highest BCUT2D eigenvalue weighted by molar-refractivity contribution is 5.91. The fourth-order valence-corrected chi connectivity index (χ4v) is 2.08. The normalized spacial score (nSPS) is 12.6. The highest BCUT2D eigenvalue weighted by Gasteiger charge is 2.12. The fourth-order valence-electron chi connectivity index (χ4n) is 2.08. The van der Waals surface area contributed by atoms with Gasteiger partial charge >= 0.3 is 0 Å². The molecule has 0 radical (unpaired) electrons. The van der Waals surface area contributed by atoms with E-state index in [1.807, 2.05) is 6.07 Å². The predicted octanol–water partition coefficient (Wildman–Crippen LogP) is 2.88. The topological polar surface area (TPSA) is 47.6 Å². The molecular weight excluding hydrogens is 285 g/mol. The molecule has 0 spiro atoms. The van der Waals surface area contributed by atoms with Crippen LogP contribution in [-0.4, -0.2) is 12.7 Å². The van der Waals surface area contributed by atoms with E-state index >= 15 is 0 Å². The molecule has 1 heterocycles. The van der Waals surface area contributed by atoms with Gasteiger partial charge in [0.1, 0.15) is 5.82 Å². The van der Waals surface area contributed by atoms with E-state index in [1.54, 1.807) is 30.3 Å². The summed E-state index contributed by atoms with van der Waals surface area (Å²) in [5, 5.41) is 2.70. The molecule has 0 bridgehead atoms. The van der Waals surface area contributed by atoms with Gasteiger partial charge in [0.25, 0.3) is 0 Å². The lowest BCUT2D eigenvalue weighted by atomic mass is 10.2. The minimum absolute atomic E-state index is 0.219. The zero-order valence-electron chi connectivity index (χ0n) is 11.7. The van der Waals surface area contributed by atoms with Crippen molar-refractivity contribution in [3.8, 4) is 11.5 Å². The van der Waals surface area contributed by atoms with E-state index in [2.05, 4.69) is 5.32 Å². The molecule has 0 saturated heterocycles. The number of fused-ring (bicyclic) bond motifs is 1. The lowest BCUT2D eigenvalue weighted by Gasteiger charge is -2.02. The summed E-state index contributed by atoms with van der Waals surface area (Å²) in [5.41, 5.74) is 1.55. The fraction of sp³-hybridized carbons (Fsp3) is 0.118. The van der Waals surface area contributed by atoms with Crippen molar-refractivity contribution in [3.05, 3.63) is 65.5 Å². The summed E-state index contributed by atoms with van der Waals surface area (Å²) in [6, 6.07) is 11.6. The zero-order chi connectivity index (χ0) is 15.4.